The third-order valence-electron chi connectivity index (χ3n) is 4.58. The Morgan fingerprint density at radius 1 is 1.23 bits per heavy atom. The lowest BCUT2D eigenvalue weighted by Gasteiger charge is -2.19. The number of hydrogen-bond acceptors (Lipinski definition) is 6. The van der Waals surface area contributed by atoms with Crippen molar-refractivity contribution >= 4 is 50.8 Å². The van der Waals surface area contributed by atoms with E-state index in [0.717, 1.165) is 8.45 Å². The summed E-state index contributed by atoms with van der Waals surface area (Å²) in [6.45, 7) is 1.71. The summed E-state index contributed by atoms with van der Waals surface area (Å²) in [5.74, 6) is -0.312. The van der Waals surface area contributed by atoms with Crippen molar-refractivity contribution in [3.05, 3.63) is 73.9 Å². The van der Waals surface area contributed by atoms with Gasteiger partial charge >= 0.3 is 0 Å². The van der Waals surface area contributed by atoms with Crippen LogP contribution in [-0.2, 0) is 4.79 Å². The first-order valence-electron chi connectivity index (χ1n) is 9.22. The van der Waals surface area contributed by atoms with E-state index in [4.69, 9.17) is 9.72 Å². The first-order chi connectivity index (χ1) is 14.5. The summed E-state index contributed by atoms with van der Waals surface area (Å²) in [4.78, 5) is 30.1. The molecule has 2 aromatic heterocycles. The molecule has 0 N–H and O–H groups in total. The number of ether oxygens (including phenoxy) is 1. The molecule has 0 saturated heterocycles. The van der Waals surface area contributed by atoms with Gasteiger partial charge < -0.3 is 14.6 Å². The van der Waals surface area contributed by atoms with Gasteiger partial charge in [-0.05, 0) is 82.9 Å². The van der Waals surface area contributed by atoms with Crippen LogP contribution in [0.4, 0.5) is 0 Å². The average Bonchev–Trinajstić information content (AvgIpc) is 3.27. The van der Waals surface area contributed by atoms with Gasteiger partial charge in [0.1, 0.15) is 11.9 Å². The minimum Gasteiger partial charge on any atom is -0.546 e. The van der Waals surface area contributed by atoms with Crippen LogP contribution in [0.1, 0.15) is 13.3 Å². The number of fused-ring (bicyclic) bond motifs is 1. The van der Waals surface area contributed by atoms with Crippen LogP contribution in [0.5, 0.6) is 5.75 Å². The summed E-state index contributed by atoms with van der Waals surface area (Å²) in [5.41, 5.74) is 1.09. The summed E-state index contributed by atoms with van der Waals surface area (Å²) < 4.78 is 7.99. The van der Waals surface area contributed by atoms with Gasteiger partial charge in [-0.25, -0.2) is 4.98 Å². The molecule has 0 aliphatic carbocycles. The first-order valence-corrected chi connectivity index (χ1v) is 11.2. The van der Waals surface area contributed by atoms with E-state index < -0.39 is 12.1 Å². The molecule has 1 unspecified atom stereocenters. The predicted molar refractivity (Wildman–Crippen MR) is 123 cm³/mol. The number of thiophene rings is 1. The number of carbonyl (C=O) groups is 1. The number of halogens is 1. The van der Waals surface area contributed by atoms with E-state index in [0.29, 0.717) is 34.6 Å². The molecule has 0 spiro atoms. The number of benzene rings is 2. The number of aromatic nitrogens is 2. The fraction of sp³-hybridized carbons (Fsp3) is 0.136. The molecule has 0 saturated carbocycles. The molecule has 152 valence electrons. The maximum Gasteiger partial charge on any atom is 0.266 e. The zero-order valence-corrected chi connectivity index (χ0v) is 18.8. The van der Waals surface area contributed by atoms with Gasteiger partial charge in [0, 0.05) is 3.57 Å². The normalized spacial score (nSPS) is 12.1. The van der Waals surface area contributed by atoms with Crippen LogP contribution in [0, 0.1) is 3.57 Å². The van der Waals surface area contributed by atoms with Crippen molar-refractivity contribution in [2.75, 3.05) is 0 Å². The van der Waals surface area contributed by atoms with E-state index in [9.17, 15) is 14.7 Å². The van der Waals surface area contributed by atoms with Crippen molar-refractivity contribution in [1.82, 2.24) is 9.55 Å². The van der Waals surface area contributed by atoms with Crippen LogP contribution in [0.25, 0.3) is 27.3 Å². The molecular formula is C22H16IN2O4S-. The number of carboxylic acids is 1. The number of hydrogen-bond donors (Lipinski definition) is 0. The summed E-state index contributed by atoms with van der Waals surface area (Å²) >= 11 is 3.67. The SMILES string of the molecule is CCC(Oc1ccc(-n2c(-c3cccs3)nc3ccc(I)cc3c2=O)cc1)C(=O)[O-]. The molecule has 4 aromatic rings. The molecule has 30 heavy (non-hydrogen) atoms. The monoisotopic (exact) mass is 531 g/mol. The van der Waals surface area contributed by atoms with Crippen LogP contribution < -0.4 is 15.4 Å². The van der Waals surface area contributed by atoms with Crippen molar-refractivity contribution in [2.24, 2.45) is 0 Å². The standard InChI is InChI=1S/C22H17IN2O4S/c1-2-18(22(27)28)29-15-8-6-14(7-9-15)25-20(19-4-3-11-30-19)24-17-10-5-13(23)12-16(17)21(25)26/h3-12,18H,2H2,1H3,(H,27,28)/p-1. The smallest absolute Gasteiger partial charge is 0.266 e. The van der Waals surface area contributed by atoms with Crippen molar-refractivity contribution in [2.45, 2.75) is 19.4 Å². The van der Waals surface area contributed by atoms with Crippen molar-refractivity contribution in [1.29, 1.82) is 0 Å². The highest BCUT2D eigenvalue weighted by Gasteiger charge is 2.16. The number of rotatable bonds is 6. The van der Waals surface area contributed by atoms with E-state index in [-0.39, 0.29) is 5.56 Å². The van der Waals surface area contributed by atoms with Gasteiger partial charge in [0.25, 0.3) is 5.56 Å². The van der Waals surface area contributed by atoms with Crippen LogP contribution >= 0.6 is 33.9 Å². The fourth-order valence-electron chi connectivity index (χ4n) is 3.10. The lowest BCUT2D eigenvalue weighted by Crippen LogP contribution is -2.39. The summed E-state index contributed by atoms with van der Waals surface area (Å²) in [6, 6.07) is 16.2. The lowest BCUT2D eigenvalue weighted by molar-refractivity contribution is -0.313. The van der Waals surface area contributed by atoms with Crippen LogP contribution in [0.3, 0.4) is 0 Å². The van der Waals surface area contributed by atoms with E-state index in [2.05, 4.69) is 22.6 Å². The Morgan fingerprint density at radius 3 is 2.63 bits per heavy atom. The molecule has 0 fully saturated rings. The topological polar surface area (TPSA) is 84.2 Å². The zero-order valence-electron chi connectivity index (χ0n) is 15.9. The largest absolute Gasteiger partial charge is 0.546 e. The molecule has 8 heteroatoms. The summed E-state index contributed by atoms with van der Waals surface area (Å²) in [7, 11) is 0. The predicted octanol–water partition coefficient (Wildman–Crippen LogP) is 3.63. The summed E-state index contributed by atoms with van der Waals surface area (Å²) in [6.07, 6.45) is -0.732. The number of carboxylic acid groups (broad SMARTS) is 1. The highest BCUT2D eigenvalue weighted by molar-refractivity contribution is 14.1. The highest BCUT2D eigenvalue weighted by atomic mass is 127. The van der Waals surface area contributed by atoms with Gasteiger partial charge in [0.05, 0.1) is 27.4 Å². The molecule has 2 aromatic carbocycles. The highest BCUT2D eigenvalue weighted by Crippen LogP contribution is 2.27. The van der Waals surface area contributed by atoms with Crippen molar-refractivity contribution < 1.29 is 14.6 Å². The van der Waals surface area contributed by atoms with Gasteiger partial charge in [0.15, 0.2) is 5.82 Å². The molecule has 0 radical (unpaired) electrons. The second kappa shape index (κ2) is 8.57. The molecule has 0 bridgehead atoms. The minimum absolute atomic E-state index is 0.170. The van der Waals surface area contributed by atoms with E-state index in [1.807, 2.05) is 35.7 Å². The molecule has 0 aliphatic heterocycles. The Bertz CT molecular complexity index is 1270. The van der Waals surface area contributed by atoms with Gasteiger partial charge in [-0.2, -0.15) is 0 Å². The first kappa shape index (κ1) is 20.5. The quantitative estimate of drug-likeness (QED) is 0.355. The van der Waals surface area contributed by atoms with Gasteiger partial charge in [-0.1, -0.05) is 13.0 Å². The second-order valence-corrected chi connectivity index (χ2v) is 8.74. The van der Waals surface area contributed by atoms with E-state index in [1.54, 1.807) is 35.8 Å². The zero-order chi connectivity index (χ0) is 21.3. The summed E-state index contributed by atoms with van der Waals surface area (Å²) in [5, 5.41) is 13.6. The minimum atomic E-state index is -1.26. The average molecular weight is 531 g/mol. The number of carbonyl (C=O) groups excluding carboxylic acids is 1. The number of nitrogens with zero attached hydrogens (tertiary/aromatic N) is 2. The molecule has 6 nitrogen and oxygen atoms in total. The Kier molecular flexibility index (Phi) is 5.87. The van der Waals surface area contributed by atoms with Gasteiger partial charge in [-0.15, -0.1) is 11.3 Å². The number of aliphatic carboxylic acids is 1. The molecular weight excluding hydrogens is 515 g/mol. The molecule has 1 atom stereocenters. The maximum atomic E-state index is 13.4. The van der Waals surface area contributed by atoms with Gasteiger partial charge in [-0.3, -0.25) is 9.36 Å². The van der Waals surface area contributed by atoms with Crippen LogP contribution in [0.15, 0.2) is 64.8 Å². The third kappa shape index (κ3) is 3.97. The van der Waals surface area contributed by atoms with Crippen LogP contribution in [0.2, 0.25) is 0 Å². The Hall–Kier alpha value is -2.72. The van der Waals surface area contributed by atoms with E-state index in [1.165, 1.54) is 11.3 Å². The Balaban J connectivity index is 1.85. The lowest BCUT2D eigenvalue weighted by atomic mass is 10.2. The molecule has 0 amide bonds. The molecule has 2 heterocycles. The Labute approximate surface area is 189 Å². The van der Waals surface area contributed by atoms with Crippen molar-refractivity contribution in [3.8, 4) is 22.1 Å². The molecule has 0 aliphatic rings. The molecule has 4 rings (SSSR count). The second-order valence-electron chi connectivity index (χ2n) is 6.54. The Morgan fingerprint density at radius 2 is 2.00 bits per heavy atom. The maximum absolute atomic E-state index is 13.4. The van der Waals surface area contributed by atoms with Crippen LogP contribution in [-0.4, -0.2) is 21.6 Å². The fourth-order valence-corrected chi connectivity index (χ4v) is 4.30. The van der Waals surface area contributed by atoms with E-state index >= 15 is 0 Å². The van der Waals surface area contributed by atoms with Gasteiger partial charge in [0.2, 0.25) is 0 Å². The third-order valence-corrected chi connectivity index (χ3v) is 6.12. The van der Waals surface area contributed by atoms with Crippen molar-refractivity contribution in [3.63, 3.8) is 0 Å².